The standard InChI is InChI=1S/C14H21N3O4/c1-4-7-15-11-5-6-13(17(20)21)12(8-11)14(19)16(3)10(2)9-18/h5-6,8,10,15,18H,4,7,9H2,1-3H3. The van der Waals surface area contributed by atoms with Crippen LogP contribution in [0.2, 0.25) is 0 Å². The van der Waals surface area contributed by atoms with Gasteiger partial charge < -0.3 is 15.3 Å². The lowest BCUT2D eigenvalue weighted by atomic mass is 10.1. The Hall–Kier alpha value is -2.15. The van der Waals surface area contributed by atoms with Gasteiger partial charge in [-0.2, -0.15) is 0 Å². The Morgan fingerprint density at radius 1 is 1.52 bits per heavy atom. The number of benzene rings is 1. The highest BCUT2D eigenvalue weighted by Gasteiger charge is 2.25. The molecule has 1 aromatic carbocycles. The van der Waals surface area contributed by atoms with Crippen molar-refractivity contribution in [2.75, 3.05) is 25.5 Å². The molecule has 21 heavy (non-hydrogen) atoms. The smallest absolute Gasteiger partial charge is 0.282 e. The molecule has 0 aliphatic rings. The number of nitro benzene ring substituents is 1. The number of aliphatic hydroxyl groups excluding tert-OH is 1. The fraction of sp³-hybridized carbons (Fsp3) is 0.500. The Morgan fingerprint density at radius 2 is 2.19 bits per heavy atom. The molecule has 0 bridgehead atoms. The van der Waals surface area contributed by atoms with E-state index in [4.69, 9.17) is 5.11 Å². The number of hydrogen-bond acceptors (Lipinski definition) is 5. The van der Waals surface area contributed by atoms with Gasteiger partial charge in [0.25, 0.3) is 11.6 Å². The normalized spacial score (nSPS) is 11.8. The molecule has 1 rings (SSSR count). The van der Waals surface area contributed by atoms with Crippen LogP contribution in [-0.2, 0) is 0 Å². The molecule has 0 aliphatic carbocycles. The van der Waals surface area contributed by atoms with E-state index in [1.165, 1.54) is 24.1 Å². The van der Waals surface area contributed by atoms with Crippen LogP contribution >= 0.6 is 0 Å². The number of hydrogen-bond donors (Lipinski definition) is 2. The Morgan fingerprint density at radius 3 is 2.71 bits per heavy atom. The monoisotopic (exact) mass is 295 g/mol. The van der Waals surface area contributed by atoms with E-state index in [1.807, 2.05) is 6.92 Å². The molecule has 1 aromatic rings. The van der Waals surface area contributed by atoms with Gasteiger partial charge in [0.1, 0.15) is 5.56 Å². The molecule has 0 aliphatic heterocycles. The van der Waals surface area contributed by atoms with Crippen LogP contribution in [0.3, 0.4) is 0 Å². The van der Waals surface area contributed by atoms with Crippen molar-refractivity contribution in [1.82, 2.24) is 4.90 Å². The molecular weight excluding hydrogens is 274 g/mol. The van der Waals surface area contributed by atoms with Crippen LogP contribution in [0.25, 0.3) is 0 Å². The van der Waals surface area contributed by atoms with E-state index < -0.39 is 16.9 Å². The van der Waals surface area contributed by atoms with E-state index in [9.17, 15) is 14.9 Å². The van der Waals surface area contributed by atoms with E-state index in [1.54, 1.807) is 13.0 Å². The molecule has 7 nitrogen and oxygen atoms in total. The van der Waals surface area contributed by atoms with Crippen molar-refractivity contribution in [3.8, 4) is 0 Å². The first-order valence-corrected chi connectivity index (χ1v) is 6.82. The van der Waals surface area contributed by atoms with Crippen molar-refractivity contribution in [2.45, 2.75) is 26.3 Å². The summed E-state index contributed by atoms with van der Waals surface area (Å²) < 4.78 is 0. The topological polar surface area (TPSA) is 95.7 Å². The van der Waals surface area contributed by atoms with Gasteiger partial charge in [0.15, 0.2) is 0 Å². The third-order valence-corrected chi connectivity index (χ3v) is 3.25. The molecule has 0 aromatic heterocycles. The second-order valence-electron chi connectivity index (χ2n) is 4.86. The number of carbonyl (C=O) groups excluding carboxylic acids is 1. The van der Waals surface area contributed by atoms with Gasteiger partial charge in [-0.05, 0) is 25.5 Å². The van der Waals surface area contributed by atoms with Crippen molar-refractivity contribution in [1.29, 1.82) is 0 Å². The van der Waals surface area contributed by atoms with Crippen molar-refractivity contribution in [3.63, 3.8) is 0 Å². The number of amides is 1. The number of aliphatic hydroxyl groups is 1. The van der Waals surface area contributed by atoms with E-state index in [2.05, 4.69) is 5.32 Å². The minimum absolute atomic E-state index is 0.0175. The predicted molar refractivity (Wildman–Crippen MR) is 80.5 cm³/mol. The molecule has 2 N–H and O–H groups in total. The molecule has 0 saturated carbocycles. The number of nitro groups is 1. The maximum Gasteiger partial charge on any atom is 0.282 e. The summed E-state index contributed by atoms with van der Waals surface area (Å²) in [7, 11) is 1.51. The van der Waals surface area contributed by atoms with Crippen LogP contribution in [0.1, 0.15) is 30.6 Å². The van der Waals surface area contributed by atoms with Gasteiger partial charge in [-0.3, -0.25) is 14.9 Å². The Kier molecular flexibility index (Phi) is 6.10. The van der Waals surface area contributed by atoms with E-state index in [-0.39, 0.29) is 17.9 Å². The molecule has 0 heterocycles. The number of nitrogens with zero attached hydrogens (tertiary/aromatic N) is 2. The third kappa shape index (κ3) is 4.16. The summed E-state index contributed by atoms with van der Waals surface area (Å²) >= 11 is 0. The molecule has 0 saturated heterocycles. The summed E-state index contributed by atoms with van der Waals surface area (Å²) in [4.78, 5) is 24.2. The number of nitrogens with one attached hydrogen (secondary N) is 1. The highest BCUT2D eigenvalue weighted by molar-refractivity contribution is 5.99. The van der Waals surface area contributed by atoms with Gasteiger partial charge in [0, 0.05) is 25.3 Å². The van der Waals surface area contributed by atoms with Gasteiger partial charge in [0.2, 0.25) is 0 Å². The highest BCUT2D eigenvalue weighted by Crippen LogP contribution is 2.24. The summed E-state index contributed by atoms with van der Waals surface area (Å²) in [6, 6.07) is 3.98. The fourth-order valence-corrected chi connectivity index (χ4v) is 1.76. The first-order chi connectivity index (χ1) is 9.92. The average Bonchev–Trinajstić information content (AvgIpc) is 2.50. The number of anilines is 1. The van der Waals surface area contributed by atoms with Gasteiger partial charge in [0.05, 0.1) is 17.6 Å². The van der Waals surface area contributed by atoms with Crippen molar-refractivity contribution in [3.05, 3.63) is 33.9 Å². The maximum atomic E-state index is 12.4. The van der Waals surface area contributed by atoms with Gasteiger partial charge >= 0.3 is 0 Å². The Balaban J connectivity index is 3.16. The third-order valence-electron chi connectivity index (χ3n) is 3.25. The molecule has 0 spiro atoms. The van der Waals surface area contributed by atoms with Crippen LogP contribution in [0.5, 0.6) is 0 Å². The molecule has 116 valence electrons. The quantitative estimate of drug-likeness (QED) is 0.591. The summed E-state index contributed by atoms with van der Waals surface area (Å²) in [5.41, 5.74) is 0.443. The summed E-state index contributed by atoms with van der Waals surface area (Å²) in [6.45, 7) is 4.18. The molecule has 0 radical (unpaired) electrons. The predicted octanol–water partition coefficient (Wildman–Crippen LogP) is 1.87. The lowest BCUT2D eigenvalue weighted by Crippen LogP contribution is -2.37. The zero-order valence-electron chi connectivity index (χ0n) is 12.5. The first kappa shape index (κ1) is 16.9. The van der Waals surface area contributed by atoms with Gasteiger partial charge in [-0.15, -0.1) is 0 Å². The molecule has 1 atom stereocenters. The maximum absolute atomic E-state index is 12.4. The zero-order chi connectivity index (χ0) is 16.0. The van der Waals surface area contributed by atoms with Crippen LogP contribution < -0.4 is 5.32 Å². The summed E-state index contributed by atoms with van der Waals surface area (Å²) in [5, 5.41) is 23.3. The molecule has 0 fully saturated rings. The minimum atomic E-state index is -0.575. The largest absolute Gasteiger partial charge is 0.394 e. The van der Waals surface area contributed by atoms with Gasteiger partial charge in [-0.25, -0.2) is 0 Å². The van der Waals surface area contributed by atoms with Crippen molar-refractivity contribution < 1.29 is 14.8 Å². The van der Waals surface area contributed by atoms with Crippen LogP contribution in [0.15, 0.2) is 18.2 Å². The highest BCUT2D eigenvalue weighted by atomic mass is 16.6. The minimum Gasteiger partial charge on any atom is -0.394 e. The Labute approximate surface area is 123 Å². The van der Waals surface area contributed by atoms with E-state index in [0.29, 0.717) is 12.2 Å². The number of carbonyl (C=O) groups is 1. The lowest BCUT2D eigenvalue weighted by Gasteiger charge is -2.23. The fourth-order valence-electron chi connectivity index (χ4n) is 1.76. The SMILES string of the molecule is CCCNc1ccc([N+](=O)[O-])c(C(=O)N(C)C(C)CO)c1. The van der Waals surface area contributed by atoms with E-state index >= 15 is 0 Å². The molecule has 7 heteroatoms. The van der Waals surface area contributed by atoms with E-state index in [0.717, 1.165) is 6.42 Å². The molecule has 1 amide bonds. The molecule has 1 unspecified atom stereocenters. The first-order valence-electron chi connectivity index (χ1n) is 6.82. The van der Waals surface area contributed by atoms with Crippen molar-refractivity contribution >= 4 is 17.3 Å². The zero-order valence-corrected chi connectivity index (χ0v) is 12.5. The van der Waals surface area contributed by atoms with Crippen LogP contribution in [0, 0.1) is 10.1 Å². The lowest BCUT2D eigenvalue weighted by molar-refractivity contribution is -0.385. The average molecular weight is 295 g/mol. The second kappa shape index (κ2) is 7.58. The second-order valence-corrected chi connectivity index (χ2v) is 4.86. The summed E-state index contributed by atoms with van der Waals surface area (Å²) in [6.07, 6.45) is 0.904. The van der Waals surface area contributed by atoms with Crippen molar-refractivity contribution in [2.24, 2.45) is 0 Å². The Bertz CT molecular complexity index is 519. The van der Waals surface area contributed by atoms with Crippen LogP contribution in [-0.4, -0.2) is 47.1 Å². The number of rotatable bonds is 7. The molecular formula is C14H21N3O4. The number of likely N-dealkylation sites (N-methyl/N-ethyl adjacent to an activating group) is 1. The van der Waals surface area contributed by atoms with Gasteiger partial charge in [-0.1, -0.05) is 6.92 Å². The summed E-state index contributed by atoms with van der Waals surface area (Å²) in [5.74, 6) is -0.483. The van der Waals surface area contributed by atoms with Crippen LogP contribution in [0.4, 0.5) is 11.4 Å².